The van der Waals surface area contributed by atoms with Crippen molar-refractivity contribution in [3.63, 3.8) is 0 Å². The van der Waals surface area contributed by atoms with Gasteiger partial charge in [-0.05, 0) is 38.3 Å². The van der Waals surface area contributed by atoms with Gasteiger partial charge in [0.15, 0.2) is 0 Å². The lowest BCUT2D eigenvalue weighted by atomic mass is 10.1. The van der Waals surface area contributed by atoms with E-state index in [2.05, 4.69) is 0 Å². The molecule has 3 atom stereocenters. The number of nitrogens with zero attached hydrogens (tertiary/aromatic N) is 1. The number of amides is 1. The molecule has 2 aliphatic carbocycles. The Labute approximate surface area is 111 Å². The Kier molecular flexibility index (Phi) is 2.84. The van der Waals surface area contributed by atoms with Crippen LogP contribution < -0.4 is 0 Å². The van der Waals surface area contributed by atoms with Crippen molar-refractivity contribution < 1.29 is 19.1 Å². The maximum atomic E-state index is 12.5. The van der Waals surface area contributed by atoms with E-state index in [4.69, 9.17) is 9.52 Å². The molecular weight excluding hydrogens is 246 g/mol. The van der Waals surface area contributed by atoms with E-state index in [0.29, 0.717) is 6.42 Å². The first-order valence-electron chi connectivity index (χ1n) is 6.68. The molecule has 0 aliphatic heterocycles. The minimum absolute atomic E-state index is 0.0289. The van der Waals surface area contributed by atoms with Gasteiger partial charge in [-0.25, -0.2) is 0 Å². The predicted molar refractivity (Wildman–Crippen MR) is 66.2 cm³/mol. The summed E-state index contributed by atoms with van der Waals surface area (Å²) in [5.74, 6) is -0.959. The molecule has 5 heteroatoms. The monoisotopic (exact) mass is 263 g/mol. The van der Waals surface area contributed by atoms with Gasteiger partial charge in [-0.1, -0.05) is 0 Å². The molecule has 0 bridgehead atoms. The molecule has 19 heavy (non-hydrogen) atoms. The highest BCUT2D eigenvalue weighted by Crippen LogP contribution is 2.44. The molecule has 1 heterocycles. The molecule has 0 aromatic carbocycles. The Bertz CT molecular complexity index is 492. The first-order valence-corrected chi connectivity index (χ1v) is 6.68. The lowest BCUT2D eigenvalue weighted by molar-refractivity contribution is -0.143. The normalized spacial score (nSPS) is 26.8. The number of carboxylic acid groups (broad SMARTS) is 1. The van der Waals surface area contributed by atoms with Crippen LogP contribution in [0, 0.1) is 11.8 Å². The van der Waals surface area contributed by atoms with E-state index in [-0.39, 0.29) is 23.9 Å². The average molecular weight is 263 g/mol. The summed E-state index contributed by atoms with van der Waals surface area (Å²) in [5, 5.41) is 8.94. The first kappa shape index (κ1) is 12.3. The third-order valence-electron chi connectivity index (χ3n) is 3.99. The van der Waals surface area contributed by atoms with Crippen molar-refractivity contribution in [2.24, 2.45) is 11.8 Å². The molecule has 102 valence electrons. The maximum Gasteiger partial charge on any atom is 0.307 e. The van der Waals surface area contributed by atoms with Gasteiger partial charge in [-0.15, -0.1) is 0 Å². The predicted octanol–water partition coefficient (Wildman–Crippen LogP) is 2.05. The summed E-state index contributed by atoms with van der Waals surface area (Å²) in [6.07, 6.45) is 4.07. The minimum Gasteiger partial charge on any atom is -0.481 e. The van der Waals surface area contributed by atoms with Crippen molar-refractivity contribution in [1.29, 1.82) is 0 Å². The number of hydrogen-bond acceptors (Lipinski definition) is 3. The van der Waals surface area contributed by atoms with Crippen LogP contribution in [0.3, 0.4) is 0 Å². The summed E-state index contributed by atoms with van der Waals surface area (Å²) < 4.78 is 5.37. The average Bonchev–Trinajstić information content (AvgIpc) is 3.28. The SMILES string of the molecule is CC(c1ccco1)N(C(=O)C1CC1C(=O)O)C1CC1. The number of carbonyl (C=O) groups is 2. The second kappa shape index (κ2) is 4.40. The van der Waals surface area contributed by atoms with Crippen molar-refractivity contribution in [3.8, 4) is 0 Å². The lowest BCUT2D eigenvalue weighted by Crippen LogP contribution is -2.37. The summed E-state index contributed by atoms with van der Waals surface area (Å²) in [5.41, 5.74) is 0. The maximum absolute atomic E-state index is 12.5. The fourth-order valence-corrected chi connectivity index (χ4v) is 2.64. The molecule has 2 fully saturated rings. The molecule has 5 nitrogen and oxygen atoms in total. The zero-order valence-electron chi connectivity index (χ0n) is 10.8. The summed E-state index contributed by atoms with van der Waals surface area (Å²) in [4.78, 5) is 25.2. The van der Waals surface area contributed by atoms with Crippen molar-refractivity contribution in [2.75, 3.05) is 0 Å². The van der Waals surface area contributed by atoms with Gasteiger partial charge >= 0.3 is 5.97 Å². The van der Waals surface area contributed by atoms with Crippen molar-refractivity contribution in [2.45, 2.75) is 38.3 Å². The quantitative estimate of drug-likeness (QED) is 0.882. The largest absolute Gasteiger partial charge is 0.481 e. The van der Waals surface area contributed by atoms with E-state index in [1.165, 1.54) is 0 Å². The Hall–Kier alpha value is -1.78. The standard InChI is InChI=1S/C14H17NO4/c1-8(12-3-2-6-19-12)15(9-4-5-9)13(16)10-7-11(10)14(17)18/h2-3,6,8-11H,4-5,7H2,1H3,(H,17,18). The van der Waals surface area contributed by atoms with Crippen LogP contribution in [-0.4, -0.2) is 27.9 Å². The van der Waals surface area contributed by atoms with Crippen LogP contribution >= 0.6 is 0 Å². The number of carbonyl (C=O) groups excluding carboxylic acids is 1. The van der Waals surface area contributed by atoms with Gasteiger partial charge in [-0.3, -0.25) is 9.59 Å². The Morgan fingerprint density at radius 2 is 2.16 bits per heavy atom. The van der Waals surface area contributed by atoms with E-state index in [1.54, 1.807) is 12.3 Å². The highest BCUT2D eigenvalue weighted by molar-refractivity contribution is 5.90. The Morgan fingerprint density at radius 3 is 2.63 bits per heavy atom. The van der Waals surface area contributed by atoms with Gasteiger partial charge in [0.05, 0.1) is 24.1 Å². The number of rotatable bonds is 5. The zero-order valence-corrected chi connectivity index (χ0v) is 10.8. The van der Waals surface area contributed by atoms with Gasteiger partial charge in [0.1, 0.15) is 5.76 Å². The van der Waals surface area contributed by atoms with Crippen LogP contribution in [0.4, 0.5) is 0 Å². The smallest absolute Gasteiger partial charge is 0.307 e. The third-order valence-corrected chi connectivity index (χ3v) is 3.99. The molecule has 1 amide bonds. The molecule has 1 aromatic heterocycles. The van der Waals surface area contributed by atoms with Crippen molar-refractivity contribution in [3.05, 3.63) is 24.2 Å². The lowest BCUT2D eigenvalue weighted by Gasteiger charge is -2.28. The first-order chi connectivity index (χ1) is 9.09. The molecular formula is C14H17NO4. The number of furan rings is 1. The molecule has 0 radical (unpaired) electrons. The van der Waals surface area contributed by atoms with Crippen molar-refractivity contribution in [1.82, 2.24) is 4.90 Å². The van der Waals surface area contributed by atoms with E-state index >= 15 is 0 Å². The summed E-state index contributed by atoms with van der Waals surface area (Å²) in [6, 6.07) is 3.79. The van der Waals surface area contributed by atoms with E-state index in [0.717, 1.165) is 18.6 Å². The molecule has 0 saturated heterocycles. The van der Waals surface area contributed by atoms with Gasteiger partial charge < -0.3 is 14.4 Å². The van der Waals surface area contributed by atoms with Crippen LogP contribution in [0.1, 0.15) is 38.0 Å². The number of aliphatic carboxylic acids is 1. The molecule has 2 saturated carbocycles. The Morgan fingerprint density at radius 1 is 1.42 bits per heavy atom. The van der Waals surface area contributed by atoms with E-state index in [1.807, 2.05) is 17.9 Å². The second-order valence-corrected chi connectivity index (χ2v) is 5.46. The summed E-state index contributed by atoms with van der Waals surface area (Å²) >= 11 is 0. The summed E-state index contributed by atoms with van der Waals surface area (Å²) in [6.45, 7) is 1.94. The topological polar surface area (TPSA) is 70.8 Å². The molecule has 3 rings (SSSR count). The molecule has 2 aliphatic rings. The molecule has 1 aromatic rings. The van der Waals surface area contributed by atoms with E-state index in [9.17, 15) is 9.59 Å². The van der Waals surface area contributed by atoms with E-state index < -0.39 is 11.9 Å². The van der Waals surface area contributed by atoms with Gasteiger partial charge in [0, 0.05) is 6.04 Å². The Balaban J connectivity index is 1.75. The van der Waals surface area contributed by atoms with Crippen LogP contribution in [0.25, 0.3) is 0 Å². The zero-order chi connectivity index (χ0) is 13.6. The molecule has 1 N–H and O–H groups in total. The number of carboxylic acids is 1. The van der Waals surface area contributed by atoms with Crippen molar-refractivity contribution >= 4 is 11.9 Å². The fraction of sp³-hybridized carbons (Fsp3) is 0.571. The molecule has 0 spiro atoms. The fourth-order valence-electron chi connectivity index (χ4n) is 2.64. The van der Waals surface area contributed by atoms with Crippen LogP contribution in [0.5, 0.6) is 0 Å². The highest BCUT2D eigenvalue weighted by atomic mass is 16.4. The minimum atomic E-state index is -0.861. The van der Waals surface area contributed by atoms with Gasteiger partial charge in [0.2, 0.25) is 5.91 Å². The summed E-state index contributed by atoms with van der Waals surface area (Å²) in [7, 11) is 0. The van der Waals surface area contributed by atoms with Crippen LogP contribution in [0.2, 0.25) is 0 Å². The third kappa shape index (κ3) is 2.25. The van der Waals surface area contributed by atoms with Crippen LogP contribution in [0.15, 0.2) is 22.8 Å². The number of hydrogen-bond donors (Lipinski definition) is 1. The van der Waals surface area contributed by atoms with Gasteiger partial charge in [-0.2, -0.15) is 0 Å². The highest BCUT2D eigenvalue weighted by Gasteiger charge is 2.52. The second-order valence-electron chi connectivity index (χ2n) is 5.46. The molecule has 3 unspecified atom stereocenters. The van der Waals surface area contributed by atoms with Gasteiger partial charge in [0.25, 0.3) is 0 Å². The van der Waals surface area contributed by atoms with Crippen LogP contribution in [-0.2, 0) is 9.59 Å².